The fourth-order valence-electron chi connectivity index (χ4n) is 0.478. The Morgan fingerprint density at radius 1 is 1.33 bits per heavy atom. The van der Waals surface area contributed by atoms with Gasteiger partial charge in [-0.1, -0.05) is 6.07 Å². The molecule has 4 heteroatoms. The zero-order chi connectivity index (χ0) is 8.53. The van der Waals surface area contributed by atoms with Crippen LogP contribution in [0.3, 0.4) is 0 Å². The third-order valence-electron chi connectivity index (χ3n) is 0.902. The molecule has 3 N–H and O–H groups in total. The number of hydrazine groups is 1. The molecule has 0 heterocycles. The maximum absolute atomic E-state index is 8.81. The number of rotatable bonds is 1. The van der Waals surface area contributed by atoms with E-state index in [-0.39, 0.29) is 31.1 Å². The number of hydrogen-bond donors (Lipinski definition) is 2. The fourth-order valence-corrected chi connectivity index (χ4v) is 0.478. The molecule has 0 aliphatic carbocycles. The summed E-state index contributed by atoms with van der Waals surface area (Å²) in [7, 11) is 0. The summed E-state index contributed by atoms with van der Waals surface area (Å²) in [5, 5.41) is 0. The summed E-state index contributed by atoms with van der Waals surface area (Å²) >= 11 is 0. The Balaban J connectivity index is 0. The van der Waals surface area contributed by atoms with Crippen molar-refractivity contribution in [2.45, 2.75) is 0 Å². The molecule has 0 atom stereocenters. The van der Waals surface area contributed by atoms with Gasteiger partial charge in [-0.25, -0.2) is 0 Å². The van der Waals surface area contributed by atoms with Crippen LogP contribution in [0.4, 0.5) is 0 Å². The van der Waals surface area contributed by atoms with Gasteiger partial charge in [0.1, 0.15) is 0 Å². The second-order valence-electron chi connectivity index (χ2n) is 1.73. The Morgan fingerprint density at radius 3 is 1.92 bits per heavy atom. The first-order valence-corrected chi connectivity index (χ1v) is 3.01. The number of benzene rings is 1. The molecule has 0 bridgehead atoms. The normalized spacial score (nSPS) is 6.75. The van der Waals surface area contributed by atoms with Crippen LogP contribution >= 0.6 is 0 Å². The van der Waals surface area contributed by atoms with Gasteiger partial charge in [-0.05, 0) is 0 Å². The monoisotopic (exact) mass is 388 g/mol. The van der Waals surface area contributed by atoms with E-state index in [1.54, 1.807) is 5.43 Å². The van der Waals surface area contributed by atoms with Crippen molar-refractivity contribution in [3.8, 4) is 0 Å². The van der Waals surface area contributed by atoms with Crippen LogP contribution in [-0.2, 0) is 4.79 Å². The standard InChI is InChI=1S/C7H7.CH3N2O.U/c1-7-5-3-2-4-6-7;2-3-1-4;/h2-6H,1H2;2H2,(H,3,4);/q2*-1;+2. The molecule has 0 aliphatic heterocycles. The fraction of sp³-hybridized carbons (Fsp3) is 0. The first-order chi connectivity index (χ1) is 5.31. The average Bonchev–Trinajstić information content (AvgIpc) is 2.07. The Labute approximate surface area is 96.1 Å². The van der Waals surface area contributed by atoms with Gasteiger partial charge in [0.25, 0.3) is 0 Å². The van der Waals surface area contributed by atoms with Crippen LogP contribution in [0.5, 0.6) is 0 Å². The van der Waals surface area contributed by atoms with Gasteiger partial charge in [0.15, 0.2) is 0 Å². The van der Waals surface area contributed by atoms with Gasteiger partial charge in [-0.3, -0.25) is 5.84 Å². The minimum Gasteiger partial charge on any atom is -0.519 e. The summed E-state index contributed by atoms with van der Waals surface area (Å²) in [6.07, 6.45) is 1.21. The van der Waals surface area contributed by atoms with Gasteiger partial charge >= 0.3 is 31.1 Å². The molecule has 0 aliphatic rings. The van der Waals surface area contributed by atoms with E-state index in [2.05, 4.69) is 12.8 Å². The van der Waals surface area contributed by atoms with Gasteiger partial charge in [0, 0.05) is 0 Å². The molecule has 1 rings (SSSR count). The molecule has 0 saturated heterocycles. The quantitative estimate of drug-likeness (QED) is 0.241. The third kappa shape index (κ3) is 9.57. The third-order valence-corrected chi connectivity index (χ3v) is 0.902. The zero-order valence-corrected chi connectivity index (χ0v) is 10.7. The number of carbonyl (C=O) groups excluding carboxylic acids is 1. The first-order valence-electron chi connectivity index (χ1n) is 3.01. The second-order valence-corrected chi connectivity index (χ2v) is 1.73. The van der Waals surface area contributed by atoms with Crippen LogP contribution in [-0.4, -0.2) is 6.41 Å². The molecule has 12 heavy (non-hydrogen) atoms. The predicted molar refractivity (Wildman–Crippen MR) is 43.9 cm³/mol. The number of nitrogens with one attached hydrogen (secondary N) is 1. The Hall–Kier alpha value is -0.428. The Bertz CT molecular complexity index is 192. The van der Waals surface area contributed by atoms with Crippen LogP contribution in [0.1, 0.15) is 5.56 Å². The molecule has 62 valence electrons. The van der Waals surface area contributed by atoms with E-state index in [0.29, 0.717) is 0 Å². The Morgan fingerprint density at radius 2 is 1.75 bits per heavy atom. The first kappa shape index (κ1) is 14.1. The van der Waals surface area contributed by atoms with Crippen molar-refractivity contribution in [2.75, 3.05) is 0 Å². The van der Waals surface area contributed by atoms with E-state index in [1.807, 2.05) is 30.3 Å². The van der Waals surface area contributed by atoms with Crippen molar-refractivity contribution in [2.24, 2.45) is 5.84 Å². The maximum atomic E-state index is 8.81. The summed E-state index contributed by atoms with van der Waals surface area (Å²) in [6, 6.07) is 9.87. The van der Waals surface area contributed by atoms with E-state index in [1.165, 1.54) is 6.41 Å². The molecule has 3 nitrogen and oxygen atoms in total. The van der Waals surface area contributed by atoms with Crippen molar-refractivity contribution in [3.63, 3.8) is 0 Å². The average molecular weight is 388 g/mol. The molecule has 1 amide bonds. The zero-order valence-electron chi connectivity index (χ0n) is 6.58. The van der Waals surface area contributed by atoms with Gasteiger partial charge < -0.3 is 10.2 Å². The van der Waals surface area contributed by atoms with Crippen LogP contribution in [0, 0.1) is 38.0 Å². The molecule has 0 aromatic heterocycles. The summed E-state index contributed by atoms with van der Waals surface area (Å²) in [5.41, 5.74) is 2.70. The summed E-state index contributed by atoms with van der Waals surface area (Å²) in [5.74, 6) is 4.35. The van der Waals surface area contributed by atoms with Gasteiger partial charge in [0.05, 0.1) is 0 Å². The molecule has 0 spiro atoms. The molecule has 0 unspecified atom stereocenters. The molecule has 1 aromatic rings. The van der Waals surface area contributed by atoms with Crippen molar-refractivity contribution >= 4 is 6.41 Å². The molecule has 0 radical (unpaired) electrons. The van der Waals surface area contributed by atoms with Crippen LogP contribution < -0.4 is 11.3 Å². The smallest absolute Gasteiger partial charge is 0.519 e. The van der Waals surface area contributed by atoms with E-state index >= 15 is 0 Å². The molecule has 0 saturated carbocycles. The SMILES string of the molecule is NN[C-]=O.[CH2-]c1ccccc1.[U+2]. The van der Waals surface area contributed by atoms with Crippen LogP contribution in [0.2, 0.25) is 0 Å². The van der Waals surface area contributed by atoms with E-state index in [4.69, 9.17) is 4.79 Å². The predicted octanol–water partition coefficient (Wildman–Crippen LogP) is 0.386. The van der Waals surface area contributed by atoms with E-state index in [0.717, 1.165) is 5.56 Å². The topological polar surface area (TPSA) is 55.1 Å². The van der Waals surface area contributed by atoms with Gasteiger partial charge in [-0.15, -0.1) is 12.1 Å². The minimum atomic E-state index is 0. The molecule has 1 aromatic carbocycles. The molecular formula is C8H10N2OU. The summed E-state index contributed by atoms with van der Waals surface area (Å²) in [4.78, 5) is 8.81. The van der Waals surface area contributed by atoms with Crippen molar-refractivity contribution in [1.82, 2.24) is 5.43 Å². The van der Waals surface area contributed by atoms with Crippen molar-refractivity contribution < 1.29 is 35.9 Å². The van der Waals surface area contributed by atoms with Gasteiger partial charge in [-0.2, -0.15) is 31.0 Å². The van der Waals surface area contributed by atoms with Crippen LogP contribution in [0.15, 0.2) is 30.3 Å². The summed E-state index contributed by atoms with van der Waals surface area (Å²) < 4.78 is 0. The summed E-state index contributed by atoms with van der Waals surface area (Å²) in [6.45, 7) is 3.72. The largest absolute Gasteiger partial charge is 2.00 e. The maximum Gasteiger partial charge on any atom is 2.00 e. The molecular weight excluding hydrogens is 378 g/mol. The van der Waals surface area contributed by atoms with Crippen molar-refractivity contribution in [3.05, 3.63) is 42.8 Å². The Kier molecular flexibility index (Phi) is 12.4. The second kappa shape index (κ2) is 10.6. The van der Waals surface area contributed by atoms with Gasteiger partial charge in [0.2, 0.25) is 0 Å². The molecule has 0 fully saturated rings. The van der Waals surface area contributed by atoms with Crippen LogP contribution in [0.25, 0.3) is 0 Å². The number of hydrogen-bond acceptors (Lipinski definition) is 2. The van der Waals surface area contributed by atoms with E-state index < -0.39 is 0 Å². The van der Waals surface area contributed by atoms with Crippen molar-refractivity contribution in [1.29, 1.82) is 0 Å². The number of nitrogens with two attached hydrogens (primary N) is 1. The number of amides is 1. The van der Waals surface area contributed by atoms with E-state index in [9.17, 15) is 0 Å². The minimum absolute atomic E-state index is 0.